The van der Waals surface area contributed by atoms with Gasteiger partial charge >= 0.3 is 5.97 Å². The van der Waals surface area contributed by atoms with Crippen LogP contribution in [0.2, 0.25) is 0 Å². The van der Waals surface area contributed by atoms with Crippen molar-refractivity contribution >= 4 is 11.5 Å². The monoisotopic (exact) mass is 189 g/mol. The molecule has 1 heterocycles. The molecule has 2 rings (SSSR count). The number of carboxylic acid groups (broad SMARTS) is 1. The van der Waals surface area contributed by atoms with E-state index in [1.807, 2.05) is 18.2 Å². The predicted molar refractivity (Wildman–Crippen MR) is 52.6 cm³/mol. The Morgan fingerprint density at radius 2 is 2.21 bits per heavy atom. The highest BCUT2D eigenvalue weighted by atomic mass is 16.4. The van der Waals surface area contributed by atoms with Gasteiger partial charge < -0.3 is 5.11 Å². The standard InChI is InChI=1S/C11H11NO2/c13-11(14)9-5-3-4-8(9)10-6-1-2-7-12-10/h1-2,6-7H,3-5H2,(H,13,14). The second-order valence-electron chi connectivity index (χ2n) is 3.33. The molecule has 1 aliphatic carbocycles. The summed E-state index contributed by atoms with van der Waals surface area (Å²) in [4.78, 5) is 15.1. The van der Waals surface area contributed by atoms with Crippen LogP contribution in [0, 0.1) is 0 Å². The van der Waals surface area contributed by atoms with Crippen LogP contribution in [0.4, 0.5) is 0 Å². The van der Waals surface area contributed by atoms with Crippen molar-refractivity contribution in [2.75, 3.05) is 0 Å². The lowest BCUT2D eigenvalue weighted by atomic mass is 10.1. The maximum absolute atomic E-state index is 10.9. The molecule has 0 aliphatic heterocycles. The first-order chi connectivity index (χ1) is 6.79. The molecule has 1 aliphatic rings. The predicted octanol–water partition coefficient (Wildman–Crippen LogP) is 2.10. The quantitative estimate of drug-likeness (QED) is 0.775. The number of hydrogen-bond donors (Lipinski definition) is 1. The SMILES string of the molecule is O=C(O)C1=C(c2ccccn2)CCC1. The van der Waals surface area contributed by atoms with Gasteiger partial charge in [-0.25, -0.2) is 4.79 Å². The van der Waals surface area contributed by atoms with Gasteiger partial charge in [0, 0.05) is 11.8 Å². The van der Waals surface area contributed by atoms with Crippen molar-refractivity contribution in [2.45, 2.75) is 19.3 Å². The number of pyridine rings is 1. The minimum Gasteiger partial charge on any atom is -0.478 e. The van der Waals surface area contributed by atoms with Crippen LogP contribution < -0.4 is 0 Å². The Kier molecular flexibility index (Phi) is 2.31. The van der Waals surface area contributed by atoms with Crippen molar-refractivity contribution in [3.8, 4) is 0 Å². The maximum Gasteiger partial charge on any atom is 0.331 e. The Bertz CT molecular complexity index is 382. The summed E-state index contributed by atoms with van der Waals surface area (Å²) >= 11 is 0. The molecule has 14 heavy (non-hydrogen) atoms. The van der Waals surface area contributed by atoms with Gasteiger partial charge in [0.05, 0.1) is 5.69 Å². The van der Waals surface area contributed by atoms with Crippen molar-refractivity contribution in [1.82, 2.24) is 4.98 Å². The van der Waals surface area contributed by atoms with Crippen LogP contribution >= 0.6 is 0 Å². The molecule has 0 amide bonds. The van der Waals surface area contributed by atoms with Crippen LogP contribution in [0.3, 0.4) is 0 Å². The number of allylic oxidation sites excluding steroid dienone is 1. The van der Waals surface area contributed by atoms with E-state index < -0.39 is 5.97 Å². The van der Waals surface area contributed by atoms with E-state index in [0.29, 0.717) is 12.0 Å². The smallest absolute Gasteiger partial charge is 0.331 e. The average molecular weight is 189 g/mol. The van der Waals surface area contributed by atoms with E-state index in [4.69, 9.17) is 5.11 Å². The van der Waals surface area contributed by atoms with Gasteiger partial charge in [-0.1, -0.05) is 6.07 Å². The molecular weight excluding hydrogens is 178 g/mol. The summed E-state index contributed by atoms with van der Waals surface area (Å²) in [6.45, 7) is 0. The fraction of sp³-hybridized carbons (Fsp3) is 0.273. The Morgan fingerprint density at radius 3 is 2.86 bits per heavy atom. The zero-order valence-electron chi connectivity index (χ0n) is 7.73. The topological polar surface area (TPSA) is 50.2 Å². The van der Waals surface area contributed by atoms with Gasteiger partial charge in [-0.15, -0.1) is 0 Å². The lowest BCUT2D eigenvalue weighted by molar-refractivity contribution is -0.132. The minimum atomic E-state index is -0.803. The minimum absolute atomic E-state index is 0.531. The lowest BCUT2D eigenvalue weighted by Gasteiger charge is -2.02. The van der Waals surface area contributed by atoms with E-state index in [-0.39, 0.29) is 0 Å². The van der Waals surface area contributed by atoms with Crippen LogP contribution in [0.25, 0.3) is 5.57 Å². The summed E-state index contributed by atoms with van der Waals surface area (Å²) in [6, 6.07) is 5.58. The van der Waals surface area contributed by atoms with Crippen molar-refractivity contribution in [3.63, 3.8) is 0 Å². The highest BCUT2D eigenvalue weighted by Gasteiger charge is 2.21. The van der Waals surface area contributed by atoms with Crippen LogP contribution in [0.1, 0.15) is 25.0 Å². The molecule has 3 heteroatoms. The van der Waals surface area contributed by atoms with Crippen molar-refractivity contribution in [2.24, 2.45) is 0 Å². The van der Waals surface area contributed by atoms with E-state index >= 15 is 0 Å². The van der Waals surface area contributed by atoms with Crippen molar-refractivity contribution in [3.05, 3.63) is 35.7 Å². The highest BCUT2D eigenvalue weighted by molar-refractivity contribution is 5.97. The second-order valence-corrected chi connectivity index (χ2v) is 3.33. The third-order valence-electron chi connectivity index (χ3n) is 2.45. The van der Waals surface area contributed by atoms with Crippen molar-refractivity contribution < 1.29 is 9.90 Å². The summed E-state index contributed by atoms with van der Waals surface area (Å²) in [5.41, 5.74) is 2.24. The number of carbonyl (C=O) groups is 1. The third-order valence-corrected chi connectivity index (χ3v) is 2.45. The molecule has 72 valence electrons. The third kappa shape index (κ3) is 1.53. The van der Waals surface area contributed by atoms with Gasteiger partial charge in [-0.05, 0) is 37.0 Å². The Labute approximate surface area is 82.1 Å². The maximum atomic E-state index is 10.9. The normalized spacial score (nSPS) is 16.0. The number of rotatable bonds is 2. The highest BCUT2D eigenvalue weighted by Crippen LogP contribution is 2.32. The number of hydrogen-bond acceptors (Lipinski definition) is 2. The van der Waals surface area contributed by atoms with Crippen LogP contribution in [0.5, 0.6) is 0 Å². The first kappa shape index (κ1) is 8.94. The van der Waals surface area contributed by atoms with Gasteiger partial charge in [-0.2, -0.15) is 0 Å². The molecule has 0 aromatic carbocycles. The molecular formula is C11H11NO2. The molecule has 1 aromatic heterocycles. The first-order valence-electron chi connectivity index (χ1n) is 4.66. The molecule has 1 N–H and O–H groups in total. The Morgan fingerprint density at radius 1 is 1.36 bits per heavy atom. The van der Waals surface area contributed by atoms with Crippen molar-refractivity contribution in [1.29, 1.82) is 0 Å². The number of nitrogens with zero attached hydrogens (tertiary/aromatic N) is 1. The van der Waals surface area contributed by atoms with E-state index in [1.54, 1.807) is 6.20 Å². The van der Waals surface area contributed by atoms with E-state index in [2.05, 4.69) is 4.98 Å². The van der Waals surface area contributed by atoms with Gasteiger partial charge in [-0.3, -0.25) is 4.98 Å². The van der Waals surface area contributed by atoms with Gasteiger partial charge in [0.1, 0.15) is 0 Å². The summed E-state index contributed by atoms with van der Waals surface area (Å²) in [6.07, 6.45) is 4.12. The largest absolute Gasteiger partial charge is 0.478 e. The van der Waals surface area contributed by atoms with Crippen LogP contribution in [-0.2, 0) is 4.79 Å². The molecule has 0 unspecified atom stereocenters. The van der Waals surface area contributed by atoms with Gasteiger partial charge in [0.15, 0.2) is 0 Å². The van der Waals surface area contributed by atoms with Gasteiger partial charge in [0.25, 0.3) is 0 Å². The fourth-order valence-corrected chi connectivity index (χ4v) is 1.80. The zero-order valence-corrected chi connectivity index (χ0v) is 7.73. The lowest BCUT2D eigenvalue weighted by Crippen LogP contribution is -2.00. The molecule has 3 nitrogen and oxygen atoms in total. The van der Waals surface area contributed by atoms with E-state index in [9.17, 15) is 4.79 Å². The molecule has 0 radical (unpaired) electrons. The Balaban J connectivity index is 2.43. The summed E-state index contributed by atoms with van der Waals surface area (Å²) in [5, 5.41) is 8.96. The number of aromatic nitrogens is 1. The number of carboxylic acids is 1. The molecule has 1 aromatic rings. The molecule has 0 fully saturated rings. The molecule has 0 saturated heterocycles. The van der Waals surface area contributed by atoms with Crippen LogP contribution in [0.15, 0.2) is 30.0 Å². The molecule has 0 atom stereocenters. The summed E-state index contributed by atoms with van der Waals surface area (Å²) < 4.78 is 0. The fourth-order valence-electron chi connectivity index (χ4n) is 1.80. The first-order valence-corrected chi connectivity index (χ1v) is 4.66. The Hall–Kier alpha value is -1.64. The molecule has 0 spiro atoms. The van der Waals surface area contributed by atoms with E-state index in [1.165, 1.54) is 0 Å². The second kappa shape index (κ2) is 3.62. The molecule has 0 saturated carbocycles. The average Bonchev–Trinajstić information content (AvgIpc) is 2.67. The number of aliphatic carboxylic acids is 1. The van der Waals surface area contributed by atoms with Crippen LogP contribution in [-0.4, -0.2) is 16.1 Å². The summed E-state index contributed by atoms with van der Waals surface area (Å²) in [7, 11) is 0. The zero-order chi connectivity index (χ0) is 9.97. The van der Waals surface area contributed by atoms with Gasteiger partial charge in [0.2, 0.25) is 0 Å². The summed E-state index contributed by atoms with van der Waals surface area (Å²) in [5.74, 6) is -0.803. The van der Waals surface area contributed by atoms with E-state index in [0.717, 1.165) is 24.1 Å². The molecule has 0 bridgehead atoms.